The maximum Gasteiger partial charge on any atom is 0.161 e. The van der Waals surface area contributed by atoms with Gasteiger partial charge in [0.15, 0.2) is 11.5 Å². The number of rotatable bonds is 7. The number of benzene rings is 4. The number of hydrogen-bond acceptors (Lipinski definition) is 4. The van der Waals surface area contributed by atoms with E-state index in [0.29, 0.717) is 23.3 Å². The van der Waals surface area contributed by atoms with Gasteiger partial charge in [-0.2, -0.15) is 0 Å². The summed E-state index contributed by atoms with van der Waals surface area (Å²) in [4.78, 5) is 4.68. The predicted octanol–water partition coefficient (Wildman–Crippen LogP) is 7.99. The van der Waals surface area contributed by atoms with E-state index in [-0.39, 0.29) is 18.5 Å². The monoisotopic (exact) mass is 504 g/mol. The molecule has 0 amide bonds. The molecule has 0 bridgehead atoms. The molecule has 0 radical (unpaired) electrons. The second-order valence-corrected chi connectivity index (χ2v) is 9.74. The van der Waals surface area contributed by atoms with Crippen molar-refractivity contribution >= 4 is 17.6 Å². The molecule has 0 fully saturated rings. The molecule has 0 spiro atoms. The van der Waals surface area contributed by atoms with Gasteiger partial charge in [0.1, 0.15) is 12.4 Å². The molecule has 4 aromatic rings. The number of anilines is 1. The van der Waals surface area contributed by atoms with Gasteiger partial charge in [0.25, 0.3) is 0 Å². The van der Waals surface area contributed by atoms with Crippen LogP contribution in [0.5, 0.6) is 11.5 Å². The summed E-state index contributed by atoms with van der Waals surface area (Å²) in [5.41, 5.74) is 6.44. The molecule has 5 heteroatoms. The SMILES string of the molecule is COc1cc(C=Nc2ccc([C@@H]3Nc4ccccc4[C@@H]4C=CC[C@H]43)cc2)ccc1OCc1cccc(F)c1. The Hall–Kier alpha value is -4.38. The van der Waals surface area contributed by atoms with Gasteiger partial charge in [0, 0.05) is 17.8 Å². The number of nitrogens with one attached hydrogen (secondary N) is 1. The molecule has 4 nitrogen and oxygen atoms in total. The van der Waals surface area contributed by atoms with Gasteiger partial charge in [-0.25, -0.2) is 4.39 Å². The van der Waals surface area contributed by atoms with E-state index in [2.05, 4.69) is 71.0 Å². The third-order valence-corrected chi connectivity index (χ3v) is 7.36. The largest absolute Gasteiger partial charge is 0.493 e. The summed E-state index contributed by atoms with van der Waals surface area (Å²) in [6.07, 6.45) is 7.58. The molecule has 0 aromatic heterocycles. The lowest BCUT2D eigenvalue weighted by Crippen LogP contribution is -2.28. The van der Waals surface area contributed by atoms with Crippen LogP contribution < -0.4 is 14.8 Å². The number of para-hydroxylation sites is 1. The van der Waals surface area contributed by atoms with Crippen molar-refractivity contribution in [2.24, 2.45) is 10.9 Å². The van der Waals surface area contributed by atoms with Crippen LogP contribution in [-0.4, -0.2) is 13.3 Å². The highest BCUT2D eigenvalue weighted by Gasteiger charge is 2.37. The molecule has 3 atom stereocenters. The first-order valence-electron chi connectivity index (χ1n) is 12.9. The minimum absolute atomic E-state index is 0.257. The maximum absolute atomic E-state index is 13.4. The Morgan fingerprint density at radius 2 is 1.82 bits per heavy atom. The molecule has 190 valence electrons. The summed E-state index contributed by atoms with van der Waals surface area (Å²) in [5, 5.41) is 3.78. The average Bonchev–Trinajstić information content (AvgIpc) is 3.46. The fourth-order valence-electron chi connectivity index (χ4n) is 5.46. The van der Waals surface area contributed by atoms with Crippen LogP contribution in [0.2, 0.25) is 0 Å². The summed E-state index contributed by atoms with van der Waals surface area (Å²) in [6.45, 7) is 0.257. The average molecular weight is 505 g/mol. The normalized spacial score (nSPS) is 19.6. The van der Waals surface area contributed by atoms with Gasteiger partial charge >= 0.3 is 0 Å². The van der Waals surface area contributed by atoms with E-state index in [1.54, 1.807) is 13.2 Å². The Kier molecular flexibility index (Phi) is 6.65. The van der Waals surface area contributed by atoms with Crippen LogP contribution in [0, 0.1) is 11.7 Å². The summed E-state index contributed by atoms with van der Waals surface area (Å²) >= 11 is 0. The van der Waals surface area contributed by atoms with Crippen LogP contribution in [-0.2, 0) is 6.61 Å². The van der Waals surface area contributed by atoms with Crippen LogP contribution in [0.15, 0.2) is 108 Å². The number of methoxy groups -OCH3 is 1. The molecule has 38 heavy (non-hydrogen) atoms. The molecule has 6 rings (SSSR count). The Morgan fingerprint density at radius 1 is 0.947 bits per heavy atom. The molecular weight excluding hydrogens is 475 g/mol. The number of allylic oxidation sites excluding steroid dienone is 2. The Balaban J connectivity index is 1.14. The number of hydrogen-bond donors (Lipinski definition) is 1. The van der Waals surface area contributed by atoms with Gasteiger partial charge in [0.05, 0.1) is 18.8 Å². The molecule has 2 aliphatic rings. The second kappa shape index (κ2) is 10.5. The van der Waals surface area contributed by atoms with Gasteiger partial charge in [-0.3, -0.25) is 4.99 Å². The van der Waals surface area contributed by atoms with Gasteiger partial charge in [-0.15, -0.1) is 0 Å². The summed E-state index contributed by atoms with van der Waals surface area (Å²) < 4.78 is 24.8. The molecule has 1 N–H and O–H groups in total. The molecular formula is C33H29FN2O2. The predicted molar refractivity (Wildman–Crippen MR) is 150 cm³/mol. The number of halogens is 1. The van der Waals surface area contributed by atoms with Crippen molar-refractivity contribution in [3.8, 4) is 11.5 Å². The highest BCUT2D eigenvalue weighted by atomic mass is 19.1. The second-order valence-electron chi connectivity index (χ2n) is 9.74. The van der Waals surface area contributed by atoms with E-state index in [9.17, 15) is 4.39 Å². The first-order chi connectivity index (χ1) is 18.7. The molecule has 1 aliphatic carbocycles. The van der Waals surface area contributed by atoms with Gasteiger partial charge < -0.3 is 14.8 Å². The number of ether oxygens (including phenoxy) is 2. The van der Waals surface area contributed by atoms with Crippen LogP contribution in [0.1, 0.15) is 40.6 Å². The van der Waals surface area contributed by atoms with E-state index in [1.807, 2.05) is 30.5 Å². The van der Waals surface area contributed by atoms with Crippen molar-refractivity contribution < 1.29 is 13.9 Å². The fourth-order valence-corrected chi connectivity index (χ4v) is 5.46. The van der Waals surface area contributed by atoms with Crippen LogP contribution in [0.3, 0.4) is 0 Å². The van der Waals surface area contributed by atoms with E-state index >= 15 is 0 Å². The molecule has 0 unspecified atom stereocenters. The highest BCUT2D eigenvalue weighted by molar-refractivity contribution is 5.83. The zero-order valence-electron chi connectivity index (χ0n) is 21.2. The van der Waals surface area contributed by atoms with Crippen LogP contribution >= 0.6 is 0 Å². The first kappa shape index (κ1) is 24.0. The van der Waals surface area contributed by atoms with Gasteiger partial charge in [-0.05, 0) is 83.1 Å². The minimum atomic E-state index is -0.280. The van der Waals surface area contributed by atoms with E-state index in [0.717, 1.165) is 23.2 Å². The van der Waals surface area contributed by atoms with Crippen molar-refractivity contribution in [3.63, 3.8) is 0 Å². The topological polar surface area (TPSA) is 42.8 Å². The smallest absolute Gasteiger partial charge is 0.161 e. The van der Waals surface area contributed by atoms with Gasteiger partial charge in [0.2, 0.25) is 0 Å². The van der Waals surface area contributed by atoms with E-state index in [4.69, 9.17) is 9.47 Å². The lowest BCUT2D eigenvalue weighted by molar-refractivity contribution is 0.284. The highest BCUT2D eigenvalue weighted by Crippen LogP contribution is 2.49. The third kappa shape index (κ3) is 4.92. The Labute approximate surface area is 222 Å². The quantitative estimate of drug-likeness (QED) is 0.205. The minimum Gasteiger partial charge on any atom is -0.493 e. The van der Waals surface area contributed by atoms with Crippen molar-refractivity contribution in [1.29, 1.82) is 0 Å². The molecule has 0 saturated heterocycles. The molecule has 0 saturated carbocycles. The zero-order chi connectivity index (χ0) is 25.9. The fraction of sp³-hybridized carbons (Fsp3) is 0.182. The summed E-state index contributed by atoms with van der Waals surface area (Å²) in [6, 6.07) is 29.4. The summed E-state index contributed by atoms with van der Waals surface area (Å²) in [5.74, 6) is 1.90. The van der Waals surface area contributed by atoms with Crippen LogP contribution in [0.25, 0.3) is 0 Å². The van der Waals surface area contributed by atoms with Crippen molar-refractivity contribution in [2.75, 3.05) is 12.4 Å². The van der Waals surface area contributed by atoms with Crippen molar-refractivity contribution in [2.45, 2.75) is 25.0 Å². The molecule has 1 heterocycles. The third-order valence-electron chi connectivity index (χ3n) is 7.36. The zero-order valence-corrected chi connectivity index (χ0v) is 21.2. The Bertz CT molecular complexity index is 1500. The molecule has 1 aliphatic heterocycles. The Morgan fingerprint density at radius 3 is 2.66 bits per heavy atom. The lowest BCUT2D eigenvalue weighted by Gasteiger charge is -2.37. The van der Waals surface area contributed by atoms with Crippen molar-refractivity contribution in [3.05, 3.63) is 131 Å². The lowest BCUT2D eigenvalue weighted by atomic mass is 9.77. The molecule has 4 aromatic carbocycles. The number of nitrogens with zero attached hydrogens (tertiary/aromatic N) is 1. The van der Waals surface area contributed by atoms with Crippen molar-refractivity contribution in [1.82, 2.24) is 0 Å². The number of aliphatic imine (C=N–C) groups is 1. The van der Waals surface area contributed by atoms with E-state index in [1.165, 1.54) is 28.9 Å². The number of fused-ring (bicyclic) bond motifs is 3. The standard InChI is InChI=1S/C33H29FN2O2/c1-37-32-19-22(12-17-31(32)38-21-23-6-4-7-25(34)18-23)20-35-26-15-13-24(14-16-26)33-29-10-5-9-27(29)28-8-2-3-11-30(28)36-33/h2-9,11-20,27,29,33,36H,10,21H2,1H3/t27-,29+,33-/m0/s1. The first-order valence-corrected chi connectivity index (χ1v) is 12.9. The van der Waals surface area contributed by atoms with Crippen LogP contribution in [0.4, 0.5) is 15.8 Å². The van der Waals surface area contributed by atoms with Gasteiger partial charge in [-0.1, -0.05) is 54.6 Å². The maximum atomic E-state index is 13.4. The van der Waals surface area contributed by atoms with E-state index < -0.39 is 0 Å². The summed E-state index contributed by atoms with van der Waals surface area (Å²) in [7, 11) is 1.60.